The van der Waals surface area contributed by atoms with Crippen LogP contribution in [0.4, 0.5) is 0 Å². The monoisotopic (exact) mass is 266 g/mol. The van der Waals surface area contributed by atoms with Gasteiger partial charge in [0, 0.05) is 11.8 Å². The quantitative estimate of drug-likeness (QED) is 0.664. The topological polar surface area (TPSA) is 60.7 Å². The molecule has 3 aromatic rings. The highest BCUT2D eigenvalue weighted by Crippen LogP contribution is 2.31. The van der Waals surface area contributed by atoms with E-state index in [-0.39, 0.29) is 17.2 Å². The van der Waals surface area contributed by atoms with Crippen LogP contribution in [0.5, 0.6) is 17.2 Å². The molecule has 3 heteroatoms. The van der Waals surface area contributed by atoms with Crippen molar-refractivity contribution in [1.29, 1.82) is 0 Å². The minimum Gasteiger partial charge on any atom is -0.508 e. The Morgan fingerprint density at radius 1 is 0.750 bits per heavy atom. The van der Waals surface area contributed by atoms with Gasteiger partial charge >= 0.3 is 0 Å². The van der Waals surface area contributed by atoms with Gasteiger partial charge in [-0.25, -0.2) is 0 Å². The lowest BCUT2D eigenvalue weighted by Gasteiger charge is -2.08. The minimum absolute atomic E-state index is 0.203. The van der Waals surface area contributed by atoms with E-state index < -0.39 is 0 Å². The molecular weight excluding hydrogens is 252 g/mol. The zero-order valence-corrected chi connectivity index (χ0v) is 10.7. The first-order chi connectivity index (χ1) is 9.63. The molecule has 0 aromatic heterocycles. The van der Waals surface area contributed by atoms with Crippen molar-refractivity contribution >= 4 is 10.8 Å². The molecule has 0 aliphatic rings. The van der Waals surface area contributed by atoms with Crippen molar-refractivity contribution in [3.8, 4) is 17.2 Å². The normalized spacial score (nSPS) is 10.8. The second-order valence-electron chi connectivity index (χ2n) is 4.82. The van der Waals surface area contributed by atoms with Crippen LogP contribution in [0, 0.1) is 0 Å². The second-order valence-corrected chi connectivity index (χ2v) is 4.82. The van der Waals surface area contributed by atoms with Gasteiger partial charge in [0.15, 0.2) is 0 Å². The molecule has 3 N–H and O–H groups in total. The van der Waals surface area contributed by atoms with Crippen LogP contribution >= 0.6 is 0 Å². The van der Waals surface area contributed by atoms with E-state index in [1.807, 2.05) is 18.2 Å². The average molecular weight is 266 g/mol. The molecule has 0 bridgehead atoms. The first-order valence-electron chi connectivity index (χ1n) is 6.35. The molecule has 0 aliphatic heterocycles. The molecule has 0 atom stereocenters. The van der Waals surface area contributed by atoms with Crippen LogP contribution in [-0.4, -0.2) is 15.3 Å². The summed E-state index contributed by atoms with van der Waals surface area (Å²) in [6.07, 6.45) is 0.538. The molecule has 3 nitrogen and oxygen atoms in total. The molecule has 0 fully saturated rings. The third-order valence-corrected chi connectivity index (χ3v) is 3.39. The highest BCUT2D eigenvalue weighted by Gasteiger charge is 2.07. The summed E-state index contributed by atoms with van der Waals surface area (Å²) >= 11 is 0. The zero-order valence-electron chi connectivity index (χ0n) is 10.7. The Kier molecular flexibility index (Phi) is 2.95. The number of hydrogen-bond donors (Lipinski definition) is 3. The van der Waals surface area contributed by atoms with Crippen LogP contribution in [0.15, 0.2) is 54.6 Å². The molecule has 0 unspecified atom stereocenters. The summed E-state index contributed by atoms with van der Waals surface area (Å²) in [6.45, 7) is 0. The van der Waals surface area contributed by atoms with Gasteiger partial charge in [0.1, 0.15) is 17.2 Å². The molecule has 0 saturated heterocycles. The van der Waals surface area contributed by atoms with Crippen LogP contribution in [0.1, 0.15) is 11.1 Å². The van der Waals surface area contributed by atoms with E-state index in [1.165, 1.54) is 0 Å². The number of rotatable bonds is 2. The molecule has 0 saturated carbocycles. The van der Waals surface area contributed by atoms with Gasteiger partial charge in [0.25, 0.3) is 0 Å². The number of benzene rings is 3. The van der Waals surface area contributed by atoms with Crippen molar-refractivity contribution in [3.63, 3.8) is 0 Å². The SMILES string of the molecule is Oc1ccc(Cc2cc3c(O)cccc3cc2O)cc1. The van der Waals surface area contributed by atoms with Crippen LogP contribution in [0.3, 0.4) is 0 Å². The average Bonchev–Trinajstić information content (AvgIpc) is 2.43. The molecule has 0 aliphatic carbocycles. The largest absolute Gasteiger partial charge is 0.508 e. The van der Waals surface area contributed by atoms with Gasteiger partial charge in [-0.05, 0) is 46.8 Å². The summed E-state index contributed by atoms with van der Waals surface area (Å²) in [7, 11) is 0. The highest BCUT2D eigenvalue weighted by atomic mass is 16.3. The Morgan fingerprint density at radius 2 is 1.50 bits per heavy atom. The van der Waals surface area contributed by atoms with E-state index >= 15 is 0 Å². The van der Waals surface area contributed by atoms with Gasteiger partial charge in [-0.2, -0.15) is 0 Å². The maximum Gasteiger partial charge on any atom is 0.123 e. The molecule has 0 spiro atoms. The first-order valence-corrected chi connectivity index (χ1v) is 6.35. The Bertz CT molecular complexity index is 761. The number of phenolic OH excluding ortho intramolecular Hbond substituents is 3. The summed E-state index contributed by atoms with van der Waals surface area (Å²) in [4.78, 5) is 0. The van der Waals surface area contributed by atoms with Crippen molar-refractivity contribution in [3.05, 3.63) is 65.7 Å². The van der Waals surface area contributed by atoms with Crippen LogP contribution in [0.25, 0.3) is 10.8 Å². The lowest BCUT2D eigenvalue weighted by atomic mass is 9.99. The first kappa shape index (κ1) is 12.4. The summed E-state index contributed by atoms with van der Waals surface area (Å²) in [5, 5.41) is 30.8. The highest BCUT2D eigenvalue weighted by molar-refractivity contribution is 5.90. The summed E-state index contributed by atoms with van der Waals surface area (Å²) < 4.78 is 0. The Labute approximate surface area is 116 Å². The van der Waals surface area contributed by atoms with Gasteiger partial charge in [0.2, 0.25) is 0 Å². The number of fused-ring (bicyclic) bond motifs is 1. The maximum absolute atomic E-state index is 10.1. The van der Waals surface area contributed by atoms with E-state index in [0.717, 1.165) is 21.9 Å². The number of aromatic hydroxyl groups is 3. The number of phenols is 3. The van der Waals surface area contributed by atoms with E-state index in [2.05, 4.69) is 0 Å². The molecule has 0 heterocycles. The fourth-order valence-electron chi connectivity index (χ4n) is 2.32. The van der Waals surface area contributed by atoms with Crippen molar-refractivity contribution in [2.75, 3.05) is 0 Å². The van der Waals surface area contributed by atoms with Gasteiger partial charge in [-0.3, -0.25) is 0 Å². The zero-order chi connectivity index (χ0) is 14.1. The summed E-state index contributed by atoms with van der Waals surface area (Å²) in [6, 6.07) is 15.5. The van der Waals surface area contributed by atoms with Crippen LogP contribution < -0.4 is 0 Å². The van der Waals surface area contributed by atoms with E-state index in [9.17, 15) is 15.3 Å². The fourth-order valence-corrected chi connectivity index (χ4v) is 2.32. The van der Waals surface area contributed by atoms with Gasteiger partial charge in [-0.15, -0.1) is 0 Å². The van der Waals surface area contributed by atoms with E-state index in [4.69, 9.17) is 0 Å². The minimum atomic E-state index is 0.203. The van der Waals surface area contributed by atoms with Crippen LogP contribution in [0.2, 0.25) is 0 Å². The van der Waals surface area contributed by atoms with E-state index in [0.29, 0.717) is 6.42 Å². The van der Waals surface area contributed by atoms with Crippen LogP contribution in [-0.2, 0) is 6.42 Å². The third-order valence-electron chi connectivity index (χ3n) is 3.39. The summed E-state index contributed by atoms with van der Waals surface area (Å²) in [5.41, 5.74) is 1.72. The Morgan fingerprint density at radius 3 is 2.25 bits per heavy atom. The lowest BCUT2D eigenvalue weighted by molar-refractivity contribution is 0.469. The number of hydrogen-bond acceptors (Lipinski definition) is 3. The summed E-state index contributed by atoms with van der Waals surface area (Å²) in [5.74, 6) is 0.625. The van der Waals surface area contributed by atoms with Crippen molar-refractivity contribution in [2.24, 2.45) is 0 Å². The van der Waals surface area contributed by atoms with E-state index in [1.54, 1.807) is 36.4 Å². The maximum atomic E-state index is 10.1. The predicted molar refractivity (Wildman–Crippen MR) is 78.2 cm³/mol. The van der Waals surface area contributed by atoms with Gasteiger partial charge < -0.3 is 15.3 Å². The lowest BCUT2D eigenvalue weighted by Crippen LogP contribution is -1.89. The van der Waals surface area contributed by atoms with Crippen molar-refractivity contribution in [2.45, 2.75) is 6.42 Å². The fraction of sp³-hybridized carbons (Fsp3) is 0.0588. The van der Waals surface area contributed by atoms with Gasteiger partial charge in [-0.1, -0.05) is 24.3 Å². The standard InChI is InChI=1S/C17H14O3/c18-14-6-4-11(5-7-14)8-13-9-15-12(10-17(13)20)2-1-3-16(15)19/h1-7,9-10,18-20H,8H2. The third kappa shape index (κ3) is 2.26. The molecule has 20 heavy (non-hydrogen) atoms. The Hall–Kier alpha value is -2.68. The van der Waals surface area contributed by atoms with Gasteiger partial charge in [0.05, 0.1) is 0 Å². The molecule has 3 rings (SSSR count). The van der Waals surface area contributed by atoms with Crippen molar-refractivity contribution < 1.29 is 15.3 Å². The molecule has 3 aromatic carbocycles. The smallest absolute Gasteiger partial charge is 0.123 e. The molecular formula is C17H14O3. The molecule has 100 valence electrons. The second kappa shape index (κ2) is 4.78. The molecule has 0 amide bonds. The van der Waals surface area contributed by atoms with Crippen molar-refractivity contribution in [1.82, 2.24) is 0 Å². The Balaban J connectivity index is 2.05. The predicted octanol–water partition coefficient (Wildman–Crippen LogP) is 3.55. The molecule has 0 radical (unpaired) electrons.